The van der Waals surface area contributed by atoms with Gasteiger partial charge in [-0.05, 0) is 42.0 Å². The number of carbonyl (C=O) groups excluding carboxylic acids is 1. The van der Waals surface area contributed by atoms with E-state index in [1.54, 1.807) is 18.3 Å². The van der Waals surface area contributed by atoms with Crippen LogP contribution in [0.2, 0.25) is 0 Å². The van der Waals surface area contributed by atoms with E-state index >= 15 is 0 Å². The van der Waals surface area contributed by atoms with Crippen molar-refractivity contribution in [3.05, 3.63) is 60.4 Å². The van der Waals surface area contributed by atoms with Gasteiger partial charge in [0.05, 0.1) is 12.9 Å². The third-order valence-corrected chi connectivity index (χ3v) is 5.42. The van der Waals surface area contributed by atoms with Crippen LogP contribution in [0.15, 0.2) is 60.0 Å². The number of hydrogen-bond donors (Lipinski definition) is 0. The molecule has 1 amide bonds. The Morgan fingerprint density at radius 1 is 1.07 bits per heavy atom. The minimum atomic E-state index is 0.0379. The second kappa shape index (κ2) is 9.47. The van der Waals surface area contributed by atoms with Gasteiger partial charge in [0.2, 0.25) is 5.91 Å². The number of nitrogens with zero attached hydrogens (tertiary/aromatic N) is 5. The lowest BCUT2D eigenvalue weighted by molar-refractivity contribution is -0.127. The van der Waals surface area contributed by atoms with Crippen molar-refractivity contribution in [2.75, 3.05) is 38.9 Å². The molecule has 0 atom stereocenters. The van der Waals surface area contributed by atoms with E-state index < -0.39 is 0 Å². The van der Waals surface area contributed by atoms with Crippen LogP contribution in [0.25, 0.3) is 5.69 Å². The number of aromatic nitrogens is 3. The van der Waals surface area contributed by atoms with Crippen molar-refractivity contribution < 1.29 is 9.53 Å². The van der Waals surface area contributed by atoms with Gasteiger partial charge in [0.15, 0.2) is 5.16 Å². The molecule has 0 N–H and O–H groups in total. The molecular weight excluding hydrogens is 386 g/mol. The molecule has 8 heteroatoms. The zero-order valence-corrected chi connectivity index (χ0v) is 17.9. The molecule has 0 saturated carbocycles. The van der Waals surface area contributed by atoms with Crippen molar-refractivity contribution in [3.63, 3.8) is 0 Å². The Balaban J connectivity index is 1.58. The van der Waals surface area contributed by atoms with Gasteiger partial charge < -0.3 is 14.5 Å². The van der Waals surface area contributed by atoms with Crippen LogP contribution in [0.3, 0.4) is 0 Å². The SMILES string of the molecule is COc1ccc(-n2cnnc2SCC(=O)N(C)Cc2ccc(N(C)C)cc2)cc1. The Kier molecular flexibility index (Phi) is 6.77. The van der Waals surface area contributed by atoms with Crippen LogP contribution in [0.4, 0.5) is 5.69 Å². The van der Waals surface area contributed by atoms with Crippen molar-refractivity contribution >= 4 is 23.4 Å². The molecular formula is C21H25N5O2S. The van der Waals surface area contributed by atoms with Crippen LogP contribution in [-0.4, -0.2) is 59.6 Å². The molecule has 3 rings (SSSR count). The minimum absolute atomic E-state index is 0.0379. The maximum Gasteiger partial charge on any atom is 0.233 e. The number of thioether (sulfide) groups is 1. The molecule has 152 valence electrons. The Morgan fingerprint density at radius 2 is 1.76 bits per heavy atom. The summed E-state index contributed by atoms with van der Waals surface area (Å²) in [5.74, 6) is 1.11. The van der Waals surface area contributed by atoms with Crippen molar-refractivity contribution in [3.8, 4) is 11.4 Å². The molecule has 0 aliphatic rings. The molecule has 29 heavy (non-hydrogen) atoms. The first-order valence-corrected chi connectivity index (χ1v) is 10.1. The fraction of sp³-hybridized carbons (Fsp3) is 0.286. The van der Waals surface area contributed by atoms with E-state index in [0.29, 0.717) is 17.5 Å². The fourth-order valence-corrected chi connectivity index (χ4v) is 3.61. The van der Waals surface area contributed by atoms with Gasteiger partial charge in [-0.2, -0.15) is 0 Å². The second-order valence-corrected chi connectivity index (χ2v) is 7.72. The highest BCUT2D eigenvalue weighted by atomic mass is 32.2. The van der Waals surface area contributed by atoms with Gasteiger partial charge in [0.1, 0.15) is 12.1 Å². The van der Waals surface area contributed by atoms with Crippen LogP contribution < -0.4 is 9.64 Å². The smallest absolute Gasteiger partial charge is 0.233 e. The molecule has 0 fully saturated rings. The number of amides is 1. The van der Waals surface area contributed by atoms with Gasteiger partial charge in [-0.1, -0.05) is 23.9 Å². The topological polar surface area (TPSA) is 63.5 Å². The van der Waals surface area contributed by atoms with E-state index in [1.807, 2.05) is 67.0 Å². The van der Waals surface area contributed by atoms with Gasteiger partial charge in [0.25, 0.3) is 0 Å². The van der Waals surface area contributed by atoms with Gasteiger partial charge in [-0.25, -0.2) is 0 Å². The van der Waals surface area contributed by atoms with E-state index in [9.17, 15) is 4.79 Å². The van der Waals surface area contributed by atoms with Crippen LogP contribution in [0.1, 0.15) is 5.56 Å². The zero-order chi connectivity index (χ0) is 20.8. The Bertz CT molecular complexity index is 938. The monoisotopic (exact) mass is 411 g/mol. The minimum Gasteiger partial charge on any atom is -0.497 e. The summed E-state index contributed by atoms with van der Waals surface area (Å²) in [6.45, 7) is 0.568. The predicted octanol–water partition coefficient (Wildman–Crippen LogP) is 3.09. The molecule has 0 aliphatic carbocycles. The van der Waals surface area contributed by atoms with Crippen molar-refractivity contribution in [1.29, 1.82) is 0 Å². The maximum absolute atomic E-state index is 12.6. The Morgan fingerprint density at radius 3 is 2.38 bits per heavy atom. The largest absolute Gasteiger partial charge is 0.497 e. The summed E-state index contributed by atoms with van der Waals surface area (Å²) in [4.78, 5) is 16.3. The summed E-state index contributed by atoms with van der Waals surface area (Å²) in [6, 6.07) is 15.8. The zero-order valence-electron chi connectivity index (χ0n) is 17.1. The standard InChI is InChI=1S/C21H25N5O2S/c1-24(2)17-7-5-16(6-8-17)13-25(3)20(27)14-29-21-23-22-15-26(21)18-9-11-19(28-4)12-10-18/h5-12,15H,13-14H2,1-4H3. The number of methoxy groups -OCH3 is 1. The summed E-state index contributed by atoms with van der Waals surface area (Å²) >= 11 is 1.37. The third kappa shape index (κ3) is 5.29. The molecule has 0 saturated heterocycles. The highest BCUT2D eigenvalue weighted by molar-refractivity contribution is 7.99. The highest BCUT2D eigenvalue weighted by Gasteiger charge is 2.14. The fourth-order valence-electron chi connectivity index (χ4n) is 2.74. The van der Waals surface area contributed by atoms with Crippen molar-refractivity contribution in [2.45, 2.75) is 11.7 Å². The van der Waals surface area contributed by atoms with Crippen molar-refractivity contribution in [1.82, 2.24) is 19.7 Å². The molecule has 0 spiro atoms. The van der Waals surface area contributed by atoms with E-state index in [2.05, 4.69) is 22.3 Å². The average molecular weight is 412 g/mol. The lowest BCUT2D eigenvalue weighted by Crippen LogP contribution is -2.27. The maximum atomic E-state index is 12.6. The molecule has 0 radical (unpaired) electrons. The van der Waals surface area contributed by atoms with Crippen LogP contribution >= 0.6 is 11.8 Å². The lowest BCUT2D eigenvalue weighted by Gasteiger charge is -2.18. The van der Waals surface area contributed by atoms with Crippen LogP contribution in [-0.2, 0) is 11.3 Å². The molecule has 1 heterocycles. The van der Waals surface area contributed by atoms with E-state index in [-0.39, 0.29) is 5.91 Å². The number of carbonyl (C=O) groups is 1. The summed E-state index contributed by atoms with van der Waals surface area (Å²) in [5, 5.41) is 8.81. The van der Waals surface area contributed by atoms with Gasteiger partial charge in [-0.3, -0.25) is 9.36 Å². The molecule has 0 aliphatic heterocycles. The van der Waals surface area contributed by atoms with Gasteiger partial charge in [0, 0.05) is 39.1 Å². The summed E-state index contributed by atoms with van der Waals surface area (Å²) in [5.41, 5.74) is 3.15. The summed E-state index contributed by atoms with van der Waals surface area (Å²) in [7, 11) is 7.46. The number of anilines is 1. The lowest BCUT2D eigenvalue weighted by atomic mass is 10.2. The van der Waals surface area contributed by atoms with Crippen molar-refractivity contribution in [2.24, 2.45) is 0 Å². The molecule has 7 nitrogen and oxygen atoms in total. The van der Waals surface area contributed by atoms with Gasteiger partial charge in [-0.15, -0.1) is 10.2 Å². The Hall–Kier alpha value is -3.00. The first-order valence-electron chi connectivity index (χ1n) is 9.15. The molecule has 3 aromatic rings. The van der Waals surface area contributed by atoms with Crippen LogP contribution in [0.5, 0.6) is 5.75 Å². The highest BCUT2D eigenvalue weighted by Crippen LogP contribution is 2.22. The first kappa shape index (κ1) is 20.7. The van der Waals surface area contributed by atoms with Crippen LogP contribution in [0, 0.1) is 0 Å². The number of rotatable bonds is 8. The Labute approximate surface area is 175 Å². The number of ether oxygens (including phenoxy) is 1. The molecule has 0 bridgehead atoms. The molecule has 1 aromatic heterocycles. The van der Waals surface area contributed by atoms with Gasteiger partial charge >= 0.3 is 0 Å². The summed E-state index contributed by atoms with van der Waals surface area (Å²) in [6.07, 6.45) is 1.64. The second-order valence-electron chi connectivity index (χ2n) is 6.78. The number of hydrogen-bond acceptors (Lipinski definition) is 6. The summed E-state index contributed by atoms with van der Waals surface area (Å²) < 4.78 is 7.05. The van der Waals surface area contributed by atoms with E-state index in [1.165, 1.54) is 11.8 Å². The van der Waals surface area contributed by atoms with E-state index in [0.717, 1.165) is 22.7 Å². The number of benzene rings is 2. The predicted molar refractivity (Wildman–Crippen MR) is 116 cm³/mol. The average Bonchev–Trinajstić information content (AvgIpc) is 3.21. The quantitative estimate of drug-likeness (QED) is 0.531. The van der Waals surface area contributed by atoms with E-state index in [4.69, 9.17) is 4.74 Å². The third-order valence-electron chi connectivity index (χ3n) is 4.49. The first-order chi connectivity index (χ1) is 14.0. The normalized spacial score (nSPS) is 10.6. The molecule has 0 unspecified atom stereocenters. The molecule has 2 aromatic carbocycles.